The Hall–Kier alpha value is -0.810. The number of carbonyl (C=O) groups excluding carboxylic acids is 1. The summed E-state index contributed by atoms with van der Waals surface area (Å²) in [5.74, 6) is 0. The van der Waals surface area contributed by atoms with Crippen LogP contribution in [0.1, 0.15) is 26.7 Å². The van der Waals surface area contributed by atoms with E-state index < -0.39 is 0 Å². The van der Waals surface area contributed by atoms with Crippen LogP contribution < -0.4 is 10.6 Å². The first-order valence-corrected chi connectivity index (χ1v) is 5.98. The molecule has 0 bridgehead atoms. The van der Waals surface area contributed by atoms with Gasteiger partial charge >= 0.3 is 6.03 Å². The Morgan fingerprint density at radius 3 is 2.38 bits per heavy atom. The topological polar surface area (TPSA) is 59.6 Å². The standard InChI is InChI=1S/C11H24N2O3/c1-3-5-6-12-11(14)13-7-8-16-10-9-15-4-2/h3-10H2,1-2H3,(H2,12,13,14). The van der Waals surface area contributed by atoms with Crippen molar-refractivity contribution in [1.29, 1.82) is 0 Å². The Balaban J connectivity index is 3.09. The van der Waals surface area contributed by atoms with E-state index >= 15 is 0 Å². The minimum atomic E-state index is -0.123. The van der Waals surface area contributed by atoms with Gasteiger partial charge in [-0.3, -0.25) is 0 Å². The highest BCUT2D eigenvalue weighted by molar-refractivity contribution is 5.73. The molecular weight excluding hydrogens is 208 g/mol. The molecular formula is C11H24N2O3. The lowest BCUT2D eigenvalue weighted by Crippen LogP contribution is -2.37. The third kappa shape index (κ3) is 11.3. The molecule has 16 heavy (non-hydrogen) atoms. The van der Waals surface area contributed by atoms with Crippen molar-refractivity contribution in [2.45, 2.75) is 26.7 Å². The number of nitrogens with one attached hydrogen (secondary N) is 2. The lowest BCUT2D eigenvalue weighted by atomic mass is 10.3. The summed E-state index contributed by atoms with van der Waals surface area (Å²) in [4.78, 5) is 11.2. The fraction of sp³-hybridized carbons (Fsp3) is 0.909. The van der Waals surface area contributed by atoms with Crippen molar-refractivity contribution >= 4 is 6.03 Å². The van der Waals surface area contributed by atoms with Gasteiger partial charge in [0.05, 0.1) is 19.8 Å². The number of unbranched alkanes of at least 4 members (excludes halogenated alkanes) is 1. The normalized spacial score (nSPS) is 10.1. The van der Waals surface area contributed by atoms with E-state index in [0.29, 0.717) is 33.0 Å². The van der Waals surface area contributed by atoms with E-state index in [1.807, 2.05) is 6.92 Å². The Labute approximate surface area is 97.9 Å². The predicted octanol–water partition coefficient (Wildman–Crippen LogP) is 1.14. The second kappa shape index (κ2) is 12.3. The molecule has 0 unspecified atom stereocenters. The van der Waals surface area contributed by atoms with Crippen LogP contribution in [-0.4, -0.2) is 45.5 Å². The van der Waals surface area contributed by atoms with E-state index in [0.717, 1.165) is 19.4 Å². The Morgan fingerprint density at radius 1 is 1.00 bits per heavy atom. The second-order valence-electron chi connectivity index (χ2n) is 3.35. The zero-order valence-corrected chi connectivity index (χ0v) is 10.4. The van der Waals surface area contributed by atoms with Crippen LogP contribution in [0.3, 0.4) is 0 Å². The third-order valence-corrected chi connectivity index (χ3v) is 1.92. The van der Waals surface area contributed by atoms with Gasteiger partial charge in [-0.2, -0.15) is 0 Å². The van der Waals surface area contributed by atoms with Crippen LogP contribution in [0.15, 0.2) is 0 Å². The summed E-state index contributed by atoms with van der Waals surface area (Å²) in [6.45, 7) is 7.72. The highest BCUT2D eigenvalue weighted by Gasteiger charge is 1.97. The van der Waals surface area contributed by atoms with Crippen LogP contribution in [-0.2, 0) is 9.47 Å². The van der Waals surface area contributed by atoms with Gasteiger partial charge in [-0.05, 0) is 13.3 Å². The summed E-state index contributed by atoms with van der Waals surface area (Å²) in [5, 5.41) is 5.48. The molecule has 0 aromatic rings. The van der Waals surface area contributed by atoms with E-state index in [1.54, 1.807) is 0 Å². The zero-order valence-electron chi connectivity index (χ0n) is 10.4. The van der Waals surface area contributed by atoms with Crippen LogP contribution in [0.5, 0.6) is 0 Å². The van der Waals surface area contributed by atoms with Crippen molar-refractivity contribution in [1.82, 2.24) is 10.6 Å². The van der Waals surface area contributed by atoms with Crippen molar-refractivity contribution < 1.29 is 14.3 Å². The number of ether oxygens (including phenoxy) is 2. The molecule has 2 N–H and O–H groups in total. The van der Waals surface area contributed by atoms with Crippen molar-refractivity contribution in [3.8, 4) is 0 Å². The largest absolute Gasteiger partial charge is 0.379 e. The molecule has 5 nitrogen and oxygen atoms in total. The average molecular weight is 232 g/mol. The minimum absolute atomic E-state index is 0.123. The van der Waals surface area contributed by atoms with Crippen LogP contribution in [0.2, 0.25) is 0 Å². The van der Waals surface area contributed by atoms with Crippen molar-refractivity contribution in [3.63, 3.8) is 0 Å². The van der Waals surface area contributed by atoms with Crippen molar-refractivity contribution in [3.05, 3.63) is 0 Å². The number of hydrogen-bond donors (Lipinski definition) is 2. The number of amides is 2. The molecule has 0 spiro atoms. The molecule has 0 heterocycles. The Bertz CT molecular complexity index is 165. The van der Waals surface area contributed by atoms with Gasteiger partial charge < -0.3 is 20.1 Å². The number of carbonyl (C=O) groups is 1. The maximum Gasteiger partial charge on any atom is 0.314 e. The van der Waals surface area contributed by atoms with Crippen LogP contribution in [0, 0.1) is 0 Å². The number of rotatable bonds is 10. The van der Waals surface area contributed by atoms with Gasteiger partial charge in [-0.25, -0.2) is 4.79 Å². The van der Waals surface area contributed by atoms with Gasteiger partial charge in [-0.1, -0.05) is 13.3 Å². The molecule has 96 valence electrons. The van der Waals surface area contributed by atoms with Gasteiger partial charge in [-0.15, -0.1) is 0 Å². The summed E-state index contributed by atoms with van der Waals surface area (Å²) < 4.78 is 10.3. The monoisotopic (exact) mass is 232 g/mol. The molecule has 5 heteroatoms. The second-order valence-corrected chi connectivity index (χ2v) is 3.35. The summed E-state index contributed by atoms with van der Waals surface area (Å²) in [7, 11) is 0. The van der Waals surface area contributed by atoms with Gasteiger partial charge in [0.1, 0.15) is 0 Å². The summed E-state index contributed by atoms with van der Waals surface area (Å²) >= 11 is 0. The molecule has 0 aromatic heterocycles. The SMILES string of the molecule is CCCCNC(=O)NCCOCCOCC. The molecule has 0 saturated carbocycles. The van der Waals surface area contributed by atoms with Gasteiger partial charge in [0, 0.05) is 19.7 Å². The third-order valence-electron chi connectivity index (χ3n) is 1.92. The first-order valence-electron chi connectivity index (χ1n) is 5.98. The van der Waals surface area contributed by atoms with E-state index in [4.69, 9.17) is 9.47 Å². The molecule has 0 atom stereocenters. The number of urea groups is 1. The van der Waals surface area contributed by atoms with E-state index in [2.05, 4.69) is 17.6 Å². The first-order chi connectivity index (χ1) is 7.81. The smallest absolute Gasteiger partial charge is 0.314 e. The Kier molecular flexibility index (Phi) is 11.6. The summed E-state index contributed by atoms with van der Waals surface area (Å²) in [6.07, 6.45) is 2.10. The van der Waals surface area contributed by atoms with Crippen LogP contribution >= 0.6 is 0 Å². The summed E-state index contributed by atoms with van der Waals surface area (Å²) in [5.41, 5.74) is 0. The minimum Gasteiger partial charge on any atom is -0.379 e. The van der Waals surface area contributed by atoms with Crippen LogP contribution in [0.4, 0.5) is 4.79 Å². The molecule has 0 aromatic carbocycles. The summed E-state index contributed by atoms with van der Waals surface area (Å²) in [6, 6.07) is -0.123. The van der Waals surface area contributed by atoms with E-state index in [9.17, 15) is 4.79 Å². The Morgan fingerprint density at radius 2 is 1.69 bits per heavy atom. The zero-order chi connectivity index (χ0) is 12.1. The van der Waals surface area contributed by atoms with Crippen LogP contribution in [0.25, 0.3) is 0 Å². The predicted molar refractivity (Wildman–Crippen MR) is 63.6 cm³/mol. The van der Waals surface area contributed by atoms with E-state index in [1.165, 1.54) is 0 Å². The lowest BCUT2D eigenvalue weighted by molar-refractivity contribution is 0.0546. The average Bonchev–Trinajstić information content (AvgIpc) is 2.28. The van der Waals surface area contributed by atoms with Gasteiger partial charge in [0.2, 0.25) is 0 Å². The van der Waals surface area contributed by atoms with E-state index in [-0.39, 0.29) is 6.03 Å². The maximum absolute atomic E-state index is 11.2. The molecule has 0 radical (unpaired) electrons. The quantitative estimate of drug-likeness (QED) is 0.555. The van der Waals surface area contributed by atoms with Gasteiger partial charge in [0.15, 0.2) is 0 Å². The first kappa shape index (κ1) is 15.2. The van der Waals surface area contributed by atoms with Crippen molar-refractivity contribution in [2.75, 3.05) is 39.5 Å². The molecule has 0 fully saturated rings. The molecule has 0 aliphatic carbocycles. The molecule has 0 saturated heterocycles. The van der Waals surface area contributed by atoms with Gasteiger partial charge in [0.25, 0.3) is 0 Å². The maximum atomic E-state index is 11.2. The molecule has 0 aliphatic heterocycles. The lowest BCUT2D eigenvalue weighted by Gasteiger charge is -2.07. The fourth-order valence-corrected chi connectivity index (χ4v) is 1.04. The number of hydrogen-bond acceptors (Lipinski definition) is 3. The molecule has 0 rings (SSSR count). The highest BCUT2D eigenvalue weighted by atomic mass is 16.5. The van der Waals surface area contributed by atoms with Crippen molar-refractivity contribution in [2.24, 2.45) is 0 Å². The highest BCUT2D eigenvalue weighted by Crippen LogP contribution is 1.82. The molecule has 2 amide bonds. The fourth-order valence-electron chi connectivity index (χ4n) is 1.04. The molecule has 0 aliphatic rings.